The van der Waals surface area contributed by atoms with E-state index in [-0.39, 0.29) is 11.9 Å². The molecule has 6 nitrogen and oxygen atoms in total. The zero-order chi connectivity index (χ0) is 40.6. The topological polar surface area (TPSA) is 59.1 Å². The van der Waals surface area contributed by atoms with Crippen molar-refractivity contribution in [3.8, 4) is 0 Å². The molecule has 0 radical (unpaired) electrons. The van der Waals surface area contributed by atoms with Crippen molar-refractivity contribution in [1.29, 1.82) is 0 Å². The molecule has 0 aromatic heterocycles. The minimum atomic E-state index is -0.373. The van der Waals surface area contributed by atoms with Gasteiger partial charge in [0.25, 0.3) is 0 Å². The number of esters is 2. The number of carbonyl (C=O) groups excluding carboxylic acids is 2. The Balaban J connectivity index is 2.08. The fourth-order valence-electron chi connectivity index (χ4n) is 7.71. The number of hydrogen-bond donors (Lipinski definition) is 0. The average Bonchev–Trinajstić information content (AvgIpc) is 3.22. The van der Waals surface area contributed by atoms with Crippen molar-refractivity contribution in [3.05, 3.63) is 35.4 Å². The van der Waals surface area contributed by atoms with Crippen molar-refractivity contribution in [2.24, 2.45) is 0 Å². The smallest absolute Gasteiger partial charge is 0.338 e. The van der Waals surface area contributed by atoms with Gasteiger partial charge in [-0.2, -0.15) is 0 Å². The van der Waals surface area contributed by atoms with Gasteiger partial charge in [0, 0.05) is 0 Å². The lowest BCUT2D eigenvalue weighted by atomic mass is 10.0. The summed E-state index contributed by atoms with van der Waals surface area (Å²) in [7, 11) is 0. The van der Waals surface area contributed by atoms with Gasteiger partial charge in [-0.1, -0.05) is 188 Å². The highest BCUT2D eigenvalue weighted by Gasteiger charge is 2.13. The molecule has 0 saturated heterocycles. The molecule has 0 aliphatic carbocycles. The van der Waals surface area contributed by atoms with Crippen LogP contribution >= 0.6 is 0 Å². The average molecular weight is 785 g/mol. The standard InChI is InChI=1S/C50H92N2O4/c1-5-9-11-13-15-17-19-21-23-25-27-29-31-40-51(7-3)42-33-35-44-55-49(53)47-38-37-39-48(46-47)50(54)56-45-36-34-43-52(8-4)41-32-30-28-26-24-22-20-18-16-14-12-10-6-2/h37-39,46H,5-36,40-45H2,1-4H3. The molecule has 1 aromatic carbocycles. The number of ether oxygens (including phenoxy) is 2. The lowest BCUT2D eigenvalue weighted by molar-refractivity contribution is 0.0493. The van der Waals surface area contributed by atoms with Crippen molar-refractivity contribution >= 4 is 11.9 Å². The van der Waals surface area contributed by atoms with Crippen LogP contribution in [0.25, 0.3) is 0 Å². The Kier molecular flexibility index (Phi) is 37.1. The minimum absolute atomic E-state index is 0.373. The lowest BCUT2D eigenvalue weighted by Crippen LogP contribution is -2.26. The van der Waals surface area contributed by atoms with Crippen molar-refractivity contribution in [3.63, 3.8) is 0 Å². The highest BCUT2D eigenvalue weighted by Crippen LogP contribution is 2.15. The molecule has 0 saturated carbocycles. The molecule has 0 aliphatic rings. The van der Waals surface area contributed by atoms with E-state index in [2.05, 4.69) is 37.5 Å². The van der Waals surface area contributed by atoms with Gasteiger partial charge >= 0.3 is 11.9 Å². The Morgan fingerprint density at radius 3 is 0.946 bits per heavy atom. The zero-order valence-corrected chi connectivity index (χ0v) is 37.7. The summed E-state index contributed by atoms with van der Waals surface area (Å²) in [4.78, 5) is 30.5. The SMILES string of the molecule is CCCCCCCCCCCCCCCN(CC)CCCCOC(=O)c1cccc(C(=O)OCCCCN(CC)CCCCCCCCCCCCCCC)c1. The molecule has 0 unspecified atom stereocenters. The van der Waals surface area contributed by atoms with Crippen LogP contribution in [0.5, 0.6) is 0 Å². The first-order valence-electron chi connectivity index (χ1n) is 24.4. The molecule has 0 spiro atoms. The zero-order valence-electron chi connectivity index (χ0n) is 37.7. The Labute approximate surface area is 348 Å². The molecule has 56 heavy (non-hydrogen) atoms. The van der Waals surface area contributed by atoms with Crippen molar-refractivity contribution in [2.45, 2.75) is 220 Å². The van der Waals surface area contributed by atoms with Gasteiger partial charge in [0.15, 0.2) is 0 Å². The summed E-state index contributed by atoms with van der Waals surface area (Å²) in [6, 6.07) is 6.76. The van der Waals surface area contributed by atoms with E-state index >= 15 is 0 Å². The van der Waals surface area contributed by atoms with Crippen LogP contribution in [0.4, 0.5) is 0 Å². The van der Waals surface area contributed by atoms with E-state index in [1.54, 1.807) is 24.3 Å². The van der Waals surface area contributed by atoms with Crippen LogP contribution < -0.4 is 0 Å². The summed E-state index contributed by atoms with van der Waals surface area (Å²) in [6.45, 7) is 16.4. The number of unbranched alkanes of at least 4 members (excludes halogenated alkanes) is 26. The second-order valence-corrected chi connectivity index (χ2v) is 16.6. The summed E-state index contributed by atoms with van der Waals surface area (Å²) < 4.78 is 11.1. The highest BCUT2D eigenvalue weighted by atomic mass is 16.5. The third-order valence-electron chi connectivity index (χ3n) is 11.6. The number of hydrogen-bond acceptors (Lipinski definition) is 6. The summed E-state index contributed by atoms with van der Waals surface area (Å²) in [5.74, 6) is -0.746. The molecule has 1 aromatic rings. The Bertz CT molecular complexity index is 941. The third-order valence-corrected chi connectivity index (χ3v) is 11.6. The summed E-state index contributed by atoms with van der Waals surface area (Å²) in [6.07, 6.45) is 39.8. The van der Waals surface area contributed by atoms with Crippen molar-refractivity contribution in [2.75, 3.05) is 52.5 Å². The highest BCUT2D eigenvalue weighted by molar-refractivity contribution is 5.95. The predicted molar refractivity (Wildman–Crippen MR) is 241 cm³/mol. The van der Waals surface area contributed by atoms with Crippen LogP contribution in [0.2, 0.25) is 0 Å². The molecule has 0 amide bonds. The monoisotopic (exact) mass is 785 g/mol. The molecule has 0 aliphatic heterocycles. The first-order chi connectivity index (χ1) is 27.5. The van der Waals surface area contributed by atoms with Crippen LogP contribution in [0.3, 0.4) is 0 Å². The van der Waals surface area contributed by atoms with Gasteiger partial charge in [-0.25, -0.2) is 9.59 Å². The molecule has 6 heteroatoms. The second kappa shape index (κ2) is 39.9. The second-order valence-electron chi connectivity index (χ2n) is 16.6. The summed E-state index contributed by atoms with van der Waals surface area (Å²) in [5.41, 5.74) is 0.813. The maximum atomic E-state index is 12.7. The van der Waals surface area contributed by atoms with Crippen LogP contribution in [0, 0.1) is 0 Å². The van der Waals surface area contributed by atoms with Gasteiger partial charge in [-0.15, -0.1) is 0 Å². The van der Waals surface area contributed by atoms with E-state index in [1.807, 2.05) is 0 Å². The summed E-state index contributed by atoms with van der Waals surface area (Å²) in [5, 5.41) is 0. The van der Waals surface area contributed by atoms with Crippen LogP contribution in [-0.2, 0) is 9.47 Å². The molecular formula is C50H92N2O4. The number of benzene rings is 1. The first kappa shape index (κ1) is 52.1. The Morgan fingerprint density at radius 1 is 0.393 bits per heavy atom. The molecule has 0 heterocycles. The maximum absolute atomic E-state index is 12.7. The lowest BCUT2D eigenvalue weighted by Gasteiger charge is -2.20. The van der Waals surface area contributed by atoms with Crippen LogP contribution in [-0.4, -0.2) is 74.2 Å². The van der Waals surface area contributed by atoms with Crippen molar-refractivity contribution < 1.29 is 19.1 Å². The molecule has 0 fully saturated rings. The fraction of sp³-hybridized carbons (Fsp3) is 0.840. The van der Waals surface area contributed by atoms with Gasteiger partial charge in [0.05, 0.1) is 24.3 Å². The molecule has 0 atom stereocenters. The quantitative estimate of drug-likeness (QED) is 0.0486. The molecular weight excluding hydrogens is 693 g/mol. The van der Waals surface area contributed by atoms with Gasteiger partial charge in [-0.3, -0.25) is 0 Å². The van der Waals surface area contributed by atoms with Crippen LogP contribution in [0.1, 0.15) is 241 Å². The van der Waals surface area contributed by atoms with E-state index in [4.69, 9.17) is 9.47 Å². The number of rotatable bonds is 42. The fourth-order valence-corrected chi connectivity index (χ4v) is 7.71. The van der Waals surface area contributed by atoms with Crippen molar-refractivity contribution in [1.82, 2.24) is 9.80 Å². The first-order valence-corrected chi connectivity index (χ1v) is 24.4. The van der Waals surface area contributed by atoms with E-state index in [0.717, 1.165) is 65.0 Å². The third kappa shape index (κ3) is 31.1. The van der Waals surface area contributed by atoms with E-state index in [1.165, 1.54) is 167 Å². The molecule has 1 rings (SSSR count). The van der Waals surface area contributed by atoms with E-state index < -0.39 is 0 Å². The minimum Gasteiger partial charge on any atom is -0.462 e. The van der Waals surface area contributed by atoms with Gasteiger partial charge in [-0.05, 0) is 96.0 Å². The largest absolute Gasteiger partial charge is 0.462 e. The number of nitrogens with zero attached hydrogens (tertiary/aromatic N) is 2. The Hall–Kier alpha value is -1.92. The van der Waals surface area contributed by atoms with Gasteiger partial charge in [0.1, 0.15) is 0 Å². The predicted octanol–water partition coefficient (Wildman–Crippen LogP) is 14.4. The molecule has 0 bridgehead atoms. The van der Waals surface area contributed by atoms with E-state index in [9.17, 15) is 9.59 Å². The Morgan fingerprint density at radius 2 is 0.661 bits per heavy atom. The molecule has 0 N–H and O–H groups in total. The van der Waals surface area contributed by atoms with Gasteiger partial charge < -0.3 is 19.3 Å². The van der Waals surface area contributed by atoms with Gasteiger partial charge in [0.2, 0.25) is 0 Å². The number of carbonyl (C=O) groups is 2. The maximum Gasteiger partial charge on any atom is 0.338 e. The van der Waals surface area contributed by atoms with Crippen LogP contribution in [0.15, 0.2) is 24.3 Å². The molecule has 326 valence electrons. The van der Waals surface area contributed by atoms with E-state index in [0.29, 0.717) is 24.3 Å². The normalized spacial score (nSPS) is 11.5. The summed E-state index contributed by atoms with van der Waals surface area (Å²) >= 11 is 0.